The molecule has 3 rings (SSSR count). The Morgan fingerprint density at radius 1 is 1.35 bits per heavy atom. The molecule has 5 heteroatoms. The summed E-state index contributed by atoms with van der Waals surface area (Å²) in [5.41, 5.74) is 0.622. The number of rotatable bonds is 6. The predicted octanol–water partition coefficient (Wildman–Crippen LogP) is 3.07. The second-order valence-corrected chi connectivity index (χ2v) is 6.72. The van der Waals surface area contributed by atoms with E-state index in [0.29, 0.717) is 11.8 Å². The third-order valence-corrected chi connectivity index (χ3v) is 5.53. The van der Waals surface area contributed by atoms with Gasteiger partial charge in [0.25, 0.3) is 5.91 Å². The molecule has 2 aliphatic rings. The fraction of sp³-hybridized carbons (Fsp3) is 0.722. The van der Waals surface area contributed by atoms with Gasteiger partial charge in [0, 0.05) is 37.0 Å². The van der Waals surface area contributed by atoms with Gasteiger partial charge in [-0.2, -0.15) is 0 Å². The largest absolute Gasteiger partial charge is 0.378 e. The maximum absolute atomic E-state index is 13.0. The third-order valence-electron chi connectivity index (χ3n) is 5.53. The Morgan fingerprint density at radius 3 is 2.74 bits per heavy atom. The molecule has 126 valence electrons. The fourth-order valence-electron chi connectivity index (χ4n) is 4.48. The van der Waals surface area contributed by atoms with Gasteiger partial charge in [0.15, 0.2) is 0 Å². The smallest absolute Gasteiger partial charge is 0.274 e. The quantitative estimate of drug-likeness (QED) is 0.809. The second kappa shape index (κ2) is 6.95. The highest BCUT2D eigenvalue weighted by Gasteiger charge is 2.59. The van der Waals surface area contributed by atoms with Gasteiger partial charge >= 0.3 is 0 Å². The van der Waals surface area contributed by atoms with Crippen molar-refractivity contribution in [2.75, 3.05) is 13.2 Å². The average molecular weight is 317 g/mol. The van der Waals surface area contributed by atoms with Crippen molar-refractivity contribution in [1.82, 2.24) is 14.9 Å². The minimum absolute atomic E-state index is 0.0196. The van der Waals surface area contributed by atoms with Crippen molar-refractivity contribution in [3.8, 4) is 0 Å². The van der Waals surface area contributed by atoms with E-state index in [1.807, 2.05) is 4.90 Å². The lowest BCUT2D eigenvalue weighted by atomic mass is 9.59. The summed E-state index contributed by atoms with van der Waals surface area (Å²) >= 11 is 0. The Morgan fingerprint density at radius 2 is 2.13 bits per heavy atom. The Bertz CT molecular complexity index is 528. The number of nitrogens with zero attached hydrogens (tertiary/aromatic N) is 3. The van der Waals surface area contributed by atoms with Crippen LogP contribution in [0.2, 0.25) is 0 Å². The molecule has 1 amide bonds. The molecule has 1 heterocycles. The monoisotopic (exact) mass is 317 g/mol. The Kier molecular flexibility index (Phi) is 4.95. The topological polar surface area (TPSA) is 55.3 Å². The minimum atomic E-state index is 0.0196. The van der Waals surface area contributed by atoms with Gasteiger partial charge in [-0.1, -0.05) is 19.8 Å². The van der Waals surface area contributed by atoms with Crippen LogP contribution in [0.5, 0.6) is 0 Å². The lowest BCUT2D eigenvalue weighted by molar-refractivity contribution is -0.156. The normalized spacial score (nSPS) is 25.3. The molecular formula is C18H27N3O2. The Hall–Kier alpha value is -1.49. The van der Waals surface area contributed by atoms with Crippen LogP contribution < -0.4 is 0 Å². The first-order chi connectivity index (χ1) is 11.2. The predicted molar refractivity (Wildman–Crippen MR) is 88.1 cm³/mol. The summed E-state index contributed by atoms with van der Waals surface area (Å²) in [6, 6.07) is 0.288. The van der Waals surface area contributed by atoms with Crippen LogP contribution in [0.25, 0.3) is 0 Å². The molecule has 2 aliphatic carbocycles. The van der Waals surface area contributed by atoms with Crippen LogP contribution in [0.1, 0.15) is 62.9 Å². The summed E-state index contributed by atoms with van der Waals surface area (Å²) in [4.78, 5) is 23.3. The molecule has 2 atom stereocenters. The van der Waals surface area contributed by atoms with Gasteiger partial charge in [0.05, 0.1) is 12.3 Å². The van der Waals surface area contributed by atoms with Crippen molar-refractivity contribution in [1.29, 1.82) is 0 Å². The van der Waals surface area contributed by atoms with Crippen molar-refractivity contribution in [3.05, 3.63) is 24.3 Å². The SMILES string of the molecule is CCCN(C(=O)c1cnccn1)[C@H]1C[C@@H](OCC)C12CCCC2. The van der Waals surface area contributed by atoms with Gasteiger partial charge in [-0.15, -0.1) is 0 Å². The van der Waals surface area contributed by atoms with E-state index in [9.17, 15) is 4.79 Å². The van der Waals surface area contributed by atoms with Crippen LogP contribution in [0.15, 0.2) is 18.6 Å². The zero-order valence-electron chi connectivity index (χ0n) is 14.2. The summed E-state index contributed by atoms with van der Waals surface area (Å²) < 4.78 is 5.99. The number of hydrogen-bond donors (Lipinski definition) is 0. The van der Waals surface area contributed by atoms with Crippen molar-refractivity contribution in [3.63, 3.8) is 0 Å². The summed E-state index contributed by atoms with van der Waals surface area (Å²) in [5, 5.41) is 0. The molecule has 1 aromatic heterocycles. The molecule has 0 bridgehead atoms. The van der Waals surface area contributed by atoms with Crippen LogP contribution in [-0.4, -0.2) is 46.1 Å². The zero-order chi connectivity index (χ0) is 16.3. The zero-order valence-corrected chi connectivity index (χ0v) is 14.2. The Labute approximate surface area is 138 Å². The number of aromatic nitrogens is 2. The average Bonchev–Trinajstić information content (AvgIpc) is 3.10. The van der Waals surface area contributed by atoms with Crippen LogP contribution in [0.4, 0.5) is 0 Å². The van der Waals surface area contributed by atoms with Crippen molar-refractivity contribution < 1.29 is 9.53 Å². The minimum Gasteiger partial charge on any atom is -0.378 e. The molecule has 0 aliphatic heterocycles. The second-order valence-electron chi connectivity index (χ2n) is 6.72. The fourth-order valence-corrected chi connectivity index (χ4v) is 4.48. The molecule has 0 N–H and O–H groups in total. The highest BCUT2D eigenvalue weighted by atomic mass is 16.5. The van der Waals surface area contributed by atoms with Gasteiger partial charge < -0.3 is 9.64 Å². The molecule has 0 aromatic carbocycles. The van der Waals surface area contributed by atoms with Gasteiger partial charge in [0.1, 0.15) is 5.69 Å². The lowest BCUT2D eigenvalue weighted by Crippen LogP contribution is -2.65. The van der Waals surface area contributed by atoms with Gasteiger partial charge in [0.2, 0.25) is 0 Å². The maximum atomic E-state index is 13.0. The lowest BCUT2D eigenvalue weighted by Gasteiger charge is -2.57. The van der Waals surface area contributed by atoms with E-state index in [4.69, 9.17) is 4.74 Å². The number of amides is 1. The van der Waals surface area contributed by atoms with E-state index in [1.165, 1.54) is 25.7 Å². The molecule has 0 unspecified atom stereocenters. The first-order valence-corrected chi connectivity index (χ1v) is 8.91. The van der Waals surface area contributed by atoms with Crippen molar-refractivity contribution in [2.24, 2.45) is 5.41 Å². The van der Waals surface area contributed by atoms with E-state index < -0.39 is 0 Å². The first kappa shape index (κ1) is 16.4. The number of hydrogen-bond acceptors (Lipinski definition) is 4. The van der Waals surface area contributed by atoms with Gasteiger partial charge in [-0.05, 0) is 32.6 Å². The van der Waals surface area contributed by atoms with E-state index >= 15 is 0 Å². The molecule has 0 radical (unpaired) electrons. The molecule has 1 spiro atoms. The van der Waals surface area contributed by atoms with Crippen LogP contribution in [0, 0.1) is 5.41 Å². The number of carbonyl (C=O) groups excluding carboxylic acids is 1. The summed E-state index contributed by atoms with van der Waals surface area (Å²) in [6.45, 7) is 5.72. The van der Waals surface area contributed by atoms with Crippen LogP contribution >= 0.6 is 0 Å². The number of carbonyl (C=O) groups is 1. The maximum Gasteiger partial charge on any atom is 0.274 e. The summed E-state index contributed by atoms with van der Waals surface area (Å²) in [6.07, 6.45) is 11.9. The van der Waals surface area contributed by atoms with Gasteiger partial charge in [-0.3, -0.25) is 9.78 Å². The molecule has 5 nitrogen and oxygen atoms in total. The van der Waals surface area contributed by atoms with E-state index in [0.717, 1.165) is 26.0 Å². The van der Waals surface area contributed by atoms with Crippen LogP contribution in [-0.2, 0) is 4.74 Å². The van der Waals surface area contributed by atoms with Crippen molar-refractivity contribution >= 4 is 5.91 Å². The molecule has 0 saturated heterocycles. The van der Waals surface area contributed by atoms with Crippen LogP contribution in [0.3, 0.4) is 0 Å². The Balaban J connectivity index is 1.82. The highest BCUT2D eigenvalue weighted by Crippen LogP contribution is 2.56. The van der Waals surface area contributed by atoms with E-state index in [-0.39, 0.29) is 17.4 Å². The molecule has 23 heavy (non-hydrogen) atoms. The molecule has 1 aromatic rings. The number of ether oxygens (including phenoxy) is 1. The van der Waals surface area contributed by atoms with Gasteiger partial charge in [-0.25, -0.2) is 4.98 Å². The summed E-state index contributed by atoms with van der Waals surface area (Å²) in [7, 11) is 0. The summed E-state index contributed by atoms with van der Waals surface area (Å²) in [5.74, 6) is 0.0196. The van der Waals surface area contributed by atoms with Crippen molar-refractivity contribution in [2.45, 2.75) is 64.5 Å². The molecule has 2 saturated carbocycles. The van der Waals surface area contributed by atoms with E-state index in [1.54, 1.807) is 18.6 Å². The van der Waals surface area contributed by atoms with E-state index in [2.05, 4.69) is 23.8 Å². The molecular weight excluding hydrogens is 290 g/mol. The third kappa shape index (κ3) is 2.87. The standard InChI is InChI=1S/C18H27N3O2/c1-3-11-21(17(22)14-13-19-9-10-20-14)15-12-16(23-4-2)18(15)7-5-6-8-18/h9-10,13,15-16H,3-8,11-12H2,1-2H3/t15-,16+/m0/s1. The molecule has 2 fully saturated rings. The first-order valence-electron chi connectivity index (χ1n) is 8.91. The highest BCUT2D eigenvalue weighted by molar-refractivity contribution is 5.92.